The standard InChI is InChI=1S/C25H19NO/c1-19-12-14-21(15-13-19)23(17-25(27)22-10-6-3-7-11-22)16-24(18-26)20-8-4-2-5-9-20/h2-17H,1H3/b23-17+,24-16+. The highest BCUT2D eigenvalue weighted by Crippen LogP contribution is 2.23. The second-order valence-corrected chi connectivity index (χ2v) is 6.23. The first kappa shape index (κ1) is 18.1. The number of allylic oxidation sites excluding steroid dienone is 4. The van der Waals surface area contributed by atoms with E-state index in [0.717, 1.165) is 16.7 Å². The number of carbonyl (C=O) groups excluding carboxylic acids is 1. The lowest BCUT2D eigenvalue weighted by Crippen LogP contribution is -1.96. The lowest BCUT2D eigenvalue weighted by atomic mass is 9.97. The first-order chi connectivity index (χ1) is 13.2. The first-order valence-electron chi connectivity index (χ1n) is 8.73. The Kier molecular flexibility index (Phi) is 5.77. The number of rotatable bonds is 5. The maximum absolute atomic E-state index is 12.7. The quantitative estimate of drug-likeness (QED) is 0.250. The Bertz CT molecular complexity index is 1020. The molecule has 0 aliphatic carbocycles. The molecule has 2 nitrogen and oxygen atoms in total. The molecule has 0 aliphatic heterocycles. The minimum atomic E-state index is -0.0900. The number of carbonyl (C=O) groups is 1. The van der Waals surface area contributed by atoms with Gasteiger partial charge < -0.3 is 0 Å². The predicted molar refractivity (Wildman–Crippen MR) is 110 cm³/mol. The normalized spacial score (nSPS) is 11.7. The van der Waals surface area contributed by atoms with Crippen LogP contribution in [-0.2, 0) is 0 Å². The molecule has 3 rings (SSSR count). The predicted octanol–water partition coefficient (Wildman–Crippen LogP) is 5.87. The van der Waals surface area contributed by atoms with E-state index < -0.39 is 0 Å². The third-order valence-corrected chi connectivity index (χ3v) is 4.23. The van der Waals surface area contributed by atoms with Crippen molar-refractivity contribution in [2.45, 2.75) is 6.92 Å². The lowest BCUT2D eigenvalue weighted by Gasteiger charge is -2.06. The van der Waals surface area contributed by atoms with Gasteiger partial charge in [0, 0.05) is 5.56 Å². The fourth-order valence-corrected chi connectivity index (χ4v) is 2.73. The molecular weight excluding hydrogens is 330 g/mol. The molecule has 0 saturated carbocycles. The van der Waals surface area contributed by atoms with Gasteiger partial charge in [-0.05, 0) is 35.8 Å². The van der Waals surface area contributed by atoms with Crippen LogP contribution >= 0.6 is 0 Å². The van der Waals surface area contributed by atoms with Gasteiger partial charge in [0.1, 0.15) is 0 Å². The molecule has 27 heavy (non-hydrogen) atoms. The topological polar surface area (TPSA) is 40.9 Å². The van der Waals surface area contributed by atoms with E-state index in [4.69, 9.17) is 0 Å². The van der Waals surface area contributed by atoms with Crippen molar-refractivity contribution in [1.29, 1.82) is 5.26 Å². The van der Waals surface area contributed by atoms with Crippen LogP contribution in [0, 0.1) is 18.3 Å². The number of nitrogens with zero attached hydrogens (tertiary/aromatic N) is 1. The minimum absolute atomic E-state index is 0.0900. The van der Waals surface area contributed by atoms with Crippen LogP contribution in [0.4, 0.5) is 0 Å². The molecule has 0 radical (unpaired) electrons. The number of aryl methyl sites for hydroxylation is 1. The van der Waals surface area contributed by atoms with Crippen molar-refractivity contribution < 1.29 is 4.79 Å². The van der Waals surface area contributed by atoms with Crippen molar-refractivity contribution >= 4 is 16.9 Å². The van der Waals surface area contributed by atoms with Gasteiger partial charge in [-0.2, -0.15) is 5.26 Å². The Morgan fingerprint density at radius 3 is 1.85 bits per heavy atom. The fourth-order valence-electron chi connectivity index (χ4n) is 2.73. The Morgan fingerprint density at radius 2 is 1.30 bits per heavy atom. The van der Waals surface area contributed by atoms with Crippen molar-refractivity contribution in [3.8, 4) is 6.07 Å². The molecule has 0 saturated heterocycles. The van der Waals surface area contributed by atoms with Gasteiger partial charge in [0.25, 0.3) is 0 Å². The summed E-state index contributed by atoms with van der Waals surface area (Å²) in [7, 11) is 0. The first-order valence-corrected chi connectivity index (χ1v) is 8.73. The van der Waals surface area contributed by atoms with Gasteiger partial charge in [-0.3, -0.25) is 4.79 Å². The van der Waals surface area contributed by atoms with Gasteiger partial charge in [0.05, 0.1) is 11.6 Å². The van der Waals surface area contributed by atoms with Crippen molar-refractivity contribution in [3.05, 3.63) is 119 Å². The minimum Gasteiger partial charge on any atom is -0.289 e. The van der Waals surface area contributed by atoms with Gasteiger partial charge in [0.2, 0.25) is 0 Å². The molecule has 0 heterocycles. The Hall–Kier alpha value is -3.70. The van der Waals surface area contributed by atoms with Crippen molar-refractivity contribution in [1.82, 2.24) is 0 Å². The molecule has 3 aromatic rings. The van der Waals surface area contributed by atoms with Crippen molar-refractivity contribution in [2.75, 3.05) is 0 Å². The second-order valence-electron chi connectivity index (χ2n) is 6.23. The smallest absolute Gasteiger partial charge is 0.186 e. The Balaban J connectivity index is 2.09. The molecular formula is C25H19NO. The zero-order chi connectivity index (χ0) is 19.1. The summed E-state index contributed by atoms with van der Waals surface area (Å²) >= 11 is 0. The summed E-state index contributed by atoms with van der Waals surface area (Å²) < 4.78 is 0. The molecule has 0 unspecified atom stereocenters. The molecule has 0 N–H and O–H groups in total. The maximum Gasteiger partial charge on any atom is 0.186 e. The van der Waals surface area contributed by atoms with Crippen LogP contribution in [-0.4, -0.2) is 5.78 Å². The third-order valence-electron chi connectivity index (χ3n) is 4.23. The SMILES string of the molecule is Cc1ccc(C(/C=C(\C#N)c2ccccc2)=C/C(=O)c2ccccc2)cc1. The zero-order valence-electron chi connectivity index (χ0n) is 15.1. The highest BCUT2D eigenvalue weighted by Gasteiger charge is 2.08. The molecule has 0 atom stereocenters. The summed E-state index contributed by atoms with van der Waals surface area (Å²) in [6.07, 6.45) is 3.38. The lowest BCUT2D eigenvalue weighted by molar-refractivity contribution is 0.104. The monoisotopic (exact) mass is 349 g/mol. The molecule has 0 bridgehead atoms. The average Bonchev–Trinajstić information content (AvgIpc) is 2.73. The van der Waals surface area contributed by atoms with Crippen LogP contribution in [0.1, 0.15) is 27.0 Å². The molecule has 0 aliphatic rings. The van der Waals surface area contributed by atoms with E-state index in [1.165, 1.54) is 0 Å². The van der Waals surface area contributed by atoms with E-state index in [1.807, 2.05) is 79.7 Å². The van der Waals surface area contributed by atoms with Crippen LogP contribution in [0.5, 0.6) is 0 Å². The largest absolute Gasteiger partial charge is 0.289 e. The van der Waals surface area contributed by atoms with Gasteiger partial charge in [-0.1, -0.05) is 90.5 Å². The molecule has 0 aromatic heterocycles. The van der Waals surface area contributed by atoms with Crippen LogP contribution < -0.4 is 0 Å². The summed E-state index contributed by atoms with van der Waals surface area (Å²) in [5.41, 5.74) is 4.71. The maximum atomic E-state index is 12.7. The van der Waals surface area contributed by atoms with Crippen molar-refractivity contribution in [3.63, 3.8) is 0 Å². The molecule has 0 amide bonds. The highest BCUT2D eigenvalue weighted by atomic mass is 16.1. The van der Waals surface area contributed by atoms with E-state index in [0.29, 0.717) is 16.7 Å². The van der Waals surface area contributed by atoms with Crippen LogP contribution in [0.2, 0.25) is 0 Å². The van der Waals surface area contributed by atoms with Crippen LogP contribution in [0.15, 0.2) is 97.1 Å². The molecule has 0 spiro atoms. The molecule has 3 aromatic carbocycles. The molecule has 0 fully saturated rings. The zero-order valence-corrected chi connectivity index (χ0v) is 15.1. The number of nitriles is 1. The number of ketones is 1. The summed E-state index contributed by atoms with van der Waals surface area (Å²) in [5, 5.41) is 9.64. The van der Waals surface area contributed by atoms with Gasteiger partial charge in [-0.25, -0.2) is 0 Å². The van der Waals surface area contributed by atoms with E-state index in [9.17, 15) is 10.1 Å². The highest BCUT2D eigenvalue weighted by molar-refractivity contribution is 6.10. The van der Waals surface area contributed by atoms with E-state index in [1.54, 1.807) is 24.3 Å². The number of hydrogen-bond acceptors (Lipinski definition) is 2. The van der Waals surface area contributed by atoms with Crippen LogP contribution in [0.25, 0.3) is 11.1 Å². The number of hydrogen-bond donors (Lipinski definition) is 0. The van der Waals surface area contributed by atoms with Crippen molar-refractivity contribution in [2.24, 2.45) is 0 Å². The van der Waals surface area contributed by atoms with Crippen LogP contribution in [0.3, 0.4) is 0 Å². The Labute approximate surface area is 159 Å². The fraction of sp³-hybridized carbons (Fsp3) is 0.0400. The summed E-state index contributed by atoms with van der Waals surface area (Å²) in [6.45, 7) is 2.02. The second kappa shape index (κ2) is 8.60. The number of benzene rings is 3. The Morgan fingerprint density at radius 1 is 0.741 bits per heavy atom. The average molecular weight is 349 g/mol. The molecule has 130 valence electrons. The molecule has 2 heteroatoms. The van der Waals surface area contributed by atoms with Gasteiger partial charge in [-0.15, -0.1) is 0 Å². The van der Waals surface area contributed by atoms with E-state index >= 15 is 0 Å². The summed E-state index contributed by atoms with van der Waals surface area (Å²) in [4.78, 5) is 12.7. The summed E-state index contributed by atoms with van der Waals surface area (Å²) in [5.74, 6) is -0.0900. The third kappa shape index (κ3) is 4.68. The van der Waals surface area contributed by atoms with E-state index in [-0.39, 0.29) is 5.78 Å². The van der Waals surface area contributed by atoms with E-state index in [2.05, 4.69) is 6.07 Å². The van der Waals surface area contributed by atoms with Gasteiger partial charge in [0.15, 0.2) is 5.78 Å². The van der Waals surface area contributed by atoms with Gasteiger partial charge >= 0.3 is 0 Å². The summed E-state index contributed by atoms with van der Waals surface area (Å²) in [6, 6.07) is 28.8.